The molecule has 0 saturated heterocycles. The van der Waals surface area contributed by atoms with E-state index in [4.69, 9.17) is 21.4 Å². The highest BCUT2D eigenvalue weighted by molar-refractivity contribution is 6.34. The first-order valence-corrected chi connectivity index (χ1v) is 6.56. The van der Waals surface area contributed by atoms with Crippen molar-refractivity contribution in [3.8, 4) is 0 Å². The van der Waals surface area contributed by atoms with Gasteiger partial charge < -0.3 is 9.84 Å². The van der Waals surface area contributed by atoms with E-state index in [-0.39, 0.29) is 17.3 Å². The summed E-state index contributed by atoms with van der Waals surface area (Å²) in [7, 11) is 0. The molecule has 0 heterocycles. The molecule has 0 fully saturated rings. The van der Waals surface area contributed by atoms with E-state index in [1.54, 1.807) is 24.3 Å². The highest BCUT2D eigenvalue weighted by atomic mass is 35.5. The van der Waals surface area contributed by atoms with E-state index < -0.39 is 23.4 Å². The molecule has 2 rings (SSSR count). The Morgan fingerprint density at radius 1 is 1.18 bits per heavy atom. The van der Waals surface area contributed by atoms with Gasteiger partial charge in [-0.25, -0.2) is 14.0 Å². The van der Waals surface area contributed by atoms with Crippen molar-refractivity contribution in [1.29, 1.82) is 0 Å². The molecule has 0 spiro atoms. The lowest BCUT2D eigenvalue weighted by atomic mass is 10.1. The van der Waals surface area contributed by atoms with Gasteiger partial charge in [0.1, 0.15) is 18.0 Å². The van der Waals surface area contributed by atoms with E-state index in [9.17, 15) is 14.0 Å². The fourth-order valence-electron chi connectivity index (χ4n) is 1.74. The minimum Gasteiger partial charge on any atom is -0.478 e. The standard InChI is InChI=1S/C15H11ClFNO4/c16-10-6-7-11(17)12(14(19)20)13(10)18-15(21)22-8-9-4-2-1-3-5-9/h1-7H,8H2,(H,18,21)(H,19,20). The molecule has 0 atom stereocenters. The van der Waals surface area contributed by atoms with Crippen molar-refractivity contribution in [2.24, 2.45) is 0 Å². The maximum Gasteiger partial charge on any atom is 0.412 e. The second-order valence-corrected chi connectivity index (χ2v) is 4.68. The maximum absolute atomic E-state index is 13.6. The normalized spacial score (nSPS) is 10.1. The molecule has 22 heavy (non-hydrogen) atoms. The van der Waals surface area contributed by atoms with Crippen LogP contribution in [0.3, 0.4) is 0 Å². The summed E-state index contributed by atoms with van der Waals surface area (Å²) in [6.45, 7) is -0.0119. The Kier molecular flexibility index (Phi) is 4.95. The summed E-state index contributed by atoms with van der Waals surface area (Å²) in [6.07, 6.45) is -0.932. The average Bonchev–Trinajstić information content (AvgIpc) is 2.49. The molecule has 0 bridgehead atoms. The van der Waals surface area contributed by atoms with Gasteiger partial charge in [-0.3, -0.25) is 5.32 Å². The summed E-state index contributed by atoms with van der Waals surface area (Å²) >= 11 is 5.81. The minimum atomic E-state index is -1.54. The van der Waals surface area contributed by atoms with Gasteiger partial charge in [0.05, 0.1) is 10.7 Å². The van der Waals surface area contributed by atoms with E-state index >= 15 is 0 Å². The van der Waals surface area contributed by atoms with E-state index in [2.05, 4.69) is 5.32 Å². The third-order valence-corrected chi connectivity index (χ3v) is 3.07. The molecule has 0 aliphatic carbocycles. The molecule has 0 radical (unpaired) electrons. The van der Waals surface area contributed by atoms with E-state index in [0.717, 1.165) is 17.7 Å². The molecule has 7 heteroatoms. The number of halogens is 2. The van der Waals surface area contributed by atoms with Crippen molar-refractivity contribution >= 4 is 29.4 Å². The number of benzene rings is 2. The van der Waals surface area contributed by atoms with Crippen molar-refractivity contribution < 1.29 is 23.8 Å². The molecule has 0 aromatic heterocycles. The van der Waals surface area contributed by atoms with Gasteiger partial charge in [0.25, 0.3) is 0 Å². The zero-order valence-corrected chi connectivity index (χ0v) is 11.9. The molecule has 2 aromatic rings. The van der Waals surface area contributed by atoms with Gasteiger partial charge in [0, 0.05) is 0 Å². The molecule has 0 aliphatic heterocycles. The Morgan fingerprint density at radius 2 is 1.86 bits per heavy atom. The van der Waals surface area contributed by atoms with Crippen LogP contribution in [0.15, 0.2) is 42.5 Å². The molecule has 114 valence electrons. The van der Waals surface area contributed by atoms with Gasteiger partial charge in [-0.1, -0.05) is 41.9 Å². The van der Waals surface area contributed by atoms with Gasteiger partial charge >= 0.3 is 12.1 Å². The number of carbonyl (C=O) groups excluding carboxylic acids is 1. The van der Waals surface area contributed by atoms with Crippen molar-refractivity contribution in [3.63, 3.8) is 0 Å². The predicted octanol–water partition coefficient (Wildman–Crippen LogP) is 3.93. The Morgan fingerprint density at radius 3 is 2.50 bits per heavy atom. The number of aromatic carboxylic acids is 1. The average molecular weight is 324 g/mol. The van der Waals surface area contributed by atoms with Crippen LogP contribution in [0.1, 0.15) is 15.9 Å². The summed E-state index contributed by atoms with van der Waals surface area (Å²) < 4.78 is 18.5. The van der Waals surface area contributed by atoms with Crippen molar-refractivity contribution in [2.45, 2.75) is 6.61 Å². The summed E-state index contributed by atoms with van der Waals surface area (Å²) in [5, 5.41) is 11.1. The number of hydrogen-bond donors (Lipinski definition) is 2. The quantitative estimate of drug-likeness (QED) is 0.894. The zero-order chi connectivity index (χ0) is 16.1. The van der Waals surface area contributed by atoms with Crippen molar-refractivity contribution in [3.05, 3.63) is 64.4 Å². The SMILES string of the molecule is O=C(Nc1c(Cl)ccc(F)c1C(=O)O)OCc1ccccc1. The first-order chi connectivity index (χ1) is 10.5. The van der Waals surface area contributed by atoms with Crippen LogP contribution in [0.2, 0.25) is 5.02 Å². The van der Waals surface area contributed by atoms with Gasteiger partial charge in [0.15, 0.2) is 0 Å². The number of carboxylic acids is 1. The summed E-state index contributed by atoms with van der Waals surface area (Å²) in [4.78, 5) is 22.8. The van der Waals surface area contributed by atoms with Crippen LogP contribution in [-0.4, -0.2) is 17.2 Å². The number of hydrogen-bond acceptors (Lipinski definition) is 3. The van der Waals surface area contributed by atoms with Gasteiger partial charge in [-0.15, -0.1) is 0 Å². The molecule has 0 saturated carbocycles. The summed E-state index contributed by atoms with van der Waals surface area (Å²) in [6, 6.07) is 10.9. The number of amides is 1. The topological polar surface area (TPSA) is 75.6 Å². The third-order valence-electron chi connectivity index (χ3n) is 2.76. The van der Waals surface area contributed by atoms with Crippen LogP contribution in [0.5, 0.6) is 0 Å². The van der Waals surface area contributed by atoms with Crippen LogP contribution in [0.25, 0.3) is 0 Å². The maximum atomic E-state index is 13.6. The lowest BCUT2D eigenvalue weighted by Gasteiger charge is -2.11. The Labute approximate surface area is 130 Å². The van der Waals surface area contributed by atoms with Crippen LogP contribution < -0.4 is 5.32 Å². The largest absolute Gasteiger partial charge is 0.478 e. The first kappa shape index (κ1) is 15.8. The predicted molar refractivity (Wildman–Crippen MR) is 78.6 cm³/mol. The van der Waals surface area contributed by atoms with E-state index in [1.165, 1.54) is 0 Å². The first-order valence-electron chi connectivity index (χ1n) is 6.18. The van der Waals surface area contributed by atoms with Crippen molar-refractivity contribution in [1.82, 2.24) is 0 Å². The number of carbonyl (C=O) groups is 2. The summed E-state index contributed by atoms with van der Waals surface area (Å²) in [5.41, 5.74) is -0.308. The zero-order valence-electron chi connectivity index (χ0n) is 11.2. The Balaban J connectivity index is 2.12. The molecule has 0 unspecified atom stereocenters. The van der Waals surface area contributed by atoms with E-state index in [0.29, 0.717) is 0 Å². The smallest absolute Gasteiger partial charge is 0.412 e. The van der Waals surface area contributed by atoms with E-state index in [1.807, 2.05) is 6.07 Å². The van der Waals surface area contributed by atoms with Gasteiger partial charge in [-0.2, -0.15) is 0 Å². The molecule has 2 N–H and O–H groups in total. The number of rotatable bonds is 4. The lowest BCUT2D eigenvalue weighted by molar-refractivity contribution is 0.0693. The summed E-state index contributed by atoms with van der Waals surface area (Å²) in [5.74, 6) is -2.55. The van der Waals surface area contributed by atoms with Crippen LogP contribution in [0, 0.1) is 5.82 Å². The minimum absolute atomic E-state index is 0.0119. The van der Waals surface area contributed by atoms with Crippen LogP contribution >= 0.6 is 11.6 Å². The lowest BCUT2D eigenvalue weighted by Crippen LogP contribution is -2.17. The highest BCUT2D eigenvalue weighted by Crippen LogP contribution is 2.28. The van der Waals surface area contributed by atoms with Crippen molar-refractivity contribution in [2.75, 3.05) is 5.32 Å². The third kappa shape index (κ3) is 3.73. The number of ether oxygens (including phenoxy) is 1. The molecule has 5 nitrogen and oxygen atoms in total. The highest BCUT2D eigenvalue weighted by Gasteiger charge is 2.21. The fraction of sp³-hybridized carbons (Fsp3) is 0.0667. The molecule has 1 amide bonds. The molecule has 0 aliphatic rings. The molecular weight excluding hydrogens is 313 g/mol. The van der Waals surface area contributed by atoms with Gasteiger partial charge in [-0.05, 0) is 17.7 Å². The number of anilines is 1. The molecule has 2 aromatic carbocycles. The fourth-order valence-corrected chi connectivity index (χ4v) is 1.95. The number of nitrogens with one attached hydrogen (secondary N) is 1. The Bertz CT molecular complexity index is 706. The number of carboxylic acid groups (broad SMARTS) is 1. The Hall–Kier alpha value is -2.60. The van der Waals surface area contributed by atoms with Crippen LogP contribution in [0.4, 0.5) is 14.9 Å². The monoisotopic (exact) mass is 323 g/mol. The van der Waals surface area contributed by atoms with Gasteiger partial charge in [0.2, 0.25) is 0 Å². The molecular formula is C15H11ClFNO4. The second-order valence-electron chi connectivity index (χ2n) is 4.27. The van der Waals surface area contributed by atoms with Crippen LogP contribution in [-0.2, 0) is 11.3 Å². The second kappa shape index (κ2) is 6.91.